The van der Waals surface area contributed by atoms with E-state index in [-0.39, 0.29) is 18.5 Å². The smallest absolute Gasteiger partial charge is 0.419 e. The fourth-order valence-corrected chi connectivity index (χ4v) is 8.71. The zero-order valence-corrected chi connectivity index (χ0v) is 35.9. The molecule has 5 rings (SSSR count). The van der Waals surface area contributed by atoms with Gasteiger partial charge in [0.15, 0.2) is 0 Å². The number of amides is 4. The molecule has 1 saturated heterocycles. The lowest BCUT2D eigenvalue weighted by atomic mass is 9.99. The van der Waals surface area contributed by atoms with Crippen molar-refractivity contribution in [2.45, 2.75) is 146 Å². The highest BCUT2D eigenvalue weighted by Crippen LogP contribution is 2.42. The van der Waals surface area contributed by atoms with E-state index in [1.807, 2.05) is 24.3 Å². The van der Waals surface area contributed by atoms with Crippen molar-refractivity contribution in [3.8, 4) is 5.75 Å². The molecule has 4 N–H and O–H groups in total. The Morgan fingerprint density at radius 2 is 1.81 bits per heavy atom. The summed E-state index contributed by atoms with van der Waals surface area (Å²) in [7, 11) is -2.25. The van der Waals surface area contributed by atoms with Crippen LogP contribution in [-0.2, 0) is 35.0 Å². The summed E-state index contributed by atoms with van der Waals surface area (Å²) < 4.78 is 35.6. The number of ether oxygens (including phenoxy) is 1. The molecule has 322 valence electrons. The van der Waals surface area contributed by atoms with Crippen LogP contribution in [-0.4, -0.2) is 84.1 Å². The number of aryl methyl sites for hydroxylation is 1. The third-order valence-electron chi connectivity index (χ3n) is 11.3. The number of nitrogens with zero attached hydrogens (tertiary/aromatic N) is 2. The van der Waals surface area contributed by atoms with Gasteiger partial charge >= 0.3 is 6.09 Å². The minimum absolute atomic E-state index is 0.0680. The van der Waals surface area contributed by atoms with Gasteiger partial charge in [-0.05, 0) is 82.8 Å². The number of rotatable bonds is 20. The average Bonchev–Trinajstić information content (AvgIpc) is 3.54. The van der Waals surface area contributed by atoms with Gasteiger partial charge in [-0.3, -0.25) is 23.9 Å². The van der Waals surface area contributed by atoms with Gasteiger partial charge in [0.05, 0.1) is 22.9 Å². The van der Waals surface area contributed by atoms with Crippen LogP contribution in [0.1, 0.15) is 129 Å². The molecule has 0 bridgehead atoms. The third-order valence-corrected chi connectivity index (χ3v) is 13.6. The van der Waals surface area contributed by atoms with E-state index in [0.717, 1.165) is 61.2 Å². The highest BCUT2D eigenvalue weighted by Gasteiger charge is 2.51. The van der Waals surface area contributed by atoms with Crippen LogP contribution in [0.2, 0.25) is 0 Å². The van der Waals surface area contributed by atoms with E-state index in [1.54, 1.807) is 20.1 Å². The first-order chi connectivity index (χ1) is 27.8. The Morgan fingerprint density at radius 1 is 1.05 bits per heavy atom. The topological polar surface area (TPSA) is 206 Å². The molecule has 2 heterocycles. The Bertz CT molecular complexity index is 1890. The first-order valence-electron chi connectivity index (χ1n) is 20.8. The minimum atomic E-state index is -3.87. The van der Waals surface area contributed by atoms with Gasteiger partial charge in [-0.1, -0.05) is 76.9 Å². The Labute approximate surface area is 347 Å². The molecule has 0 spiro atoms. The average molecular weight is 847 g/mol. The number of sulfonamides is 1. The number of benzene rings is 1. The van der Waals surface area contributed by atoms with Crippen LogP contribution in [0.4, 0.5) is 4.79 Å². The summed E-state index contributed by atoms with van der Waals surface area (Å²) in [6, 6.07) is 3.64. The molecule has 2 atom stereocenters. The number of fused-ring (bicyclic) bond motifs is 1. The summed E-state index contributed by atoms with van der Waals surface area (Å²) in [5, 5.41) is 4.85. The maximum absolute atomic E-state index is 13.0. The summed E-state index contributed by atoms with van der Waals surface area (Å²) >= 11 is 3.35. The SMILES string of the molecule is CCCCC/C=C\CC(NC(=O)C1CCCN1C(=O)CNC(=O)OS)C(=O)NS(=O)(=O)C1(C)CC1.COc1ccc2nc(CCCCCC3CCCC3)c(=O)[nH]c2c1. The number of H-pyrrole nitrogens is 1. The molecule has 4 amide bonds. The van der Waals surface area contributed by atoms with Crippen LogP contribution in [0, 0.1) is 5.92 Å². The van der Waals surface area contributed by atoms with Crippen molar-refractivity contribution >= 4 is 57.8 Å². The molecule has 2 aliphatic carbocycles. The molecule has 58 heavy (non-hydrogen) atoms. The summed E-state index contributed by atoms with van der Waals surface area (Å²) in [6.07, 6.45) is 20.1. The van der Waals surface area contributed by atoms with Crippen molar-refractivity contribution in [3.05, 3.63) is 46.4 Å². The molecule has 2 aromatic rings. The Balaban J connectivity index is 0.000000278. The van der Waals surface area contributed by atoms with E-state index in [9.17, 15) is 32.4 Å². The lowest BCUT2D eigenvalue weighted by molar-refractivity contribution is -0.138. The van der Waals surface area contributed by atoms with Crippen molar-refractivity contribution in [3.63, 3.8) is 0 Å². The second kappa shape index (κ2) is 22.9. The number of methoxy groups -OCH3 is 1. The Kier molecular flexibility index (Phi) is 18.4. The third kappa shape index (κ3) is 14.0. The zero-order chi connectivity index (χ0) is 42.1. The maximum Gasteiger partial charge on any atom is 0.419 e. The predicted molar refractivity (Wildman–Crippen MR) is 226 cm³/mol. The van der Waals surface area contributed by atoms with Crippen molar-refractivity contribution < 1.29 is 36.5 Å². The minimum Gasteiger partial charge on any atom is -0.497 e. The van der Waals surface area contributed by atoms with Gasteiger partial charge in [-0.15, -0.1) is 0 Å². The summed E-state index contributed by atoms with van der Waals surface area (Å²) in [5.41, 5.74) is 2.15. The molecule has 1 aliphatic heterocycles. The van der Waals surface area contributed by atoms with Gasteiger partial charge in [0.25, 0.3) is 11.5 Å². The zero-order valence-electron chi connectivity index (χ0n) is 34.2. The highest BCUT2D eigenvalue weighted by atomic mass is 32.2. The molecular weight excluding hydrogens is 785 g/mol. The molecule has 3 fully saturated rings. The predicted octanol–water partition coefficient (Wildman–Crippen LogP) is 5.78. The molecule has 2 unspecified atom stereocenters. The van der Waals surface area contributed by atoms with E-state index >= 15 is 0 Å². The number of nitrogens with one attached hydrogen (secondary N) is 4. The second-order valence-corrected chi connectivity index (χ2v) is 18.2. The van der Waals surface area contributed by atoms with Gasteiger partial charge in [0, 0.05) is 25.5 Å². The van der Waals surface area contributed by atoms with Crippen molar-refractivity contribution in [1.29, 1.82) is 0 Å². The largest absolute Gasteiger partial charge is 0.497 e. The van der Waals surface area contributed by atoms with Gasteiger partial charge in [0.1, 0.15) is 30.1 Å². The van der Waals surface area contributed by atoms with Gasteiger partial charge in [-0.25, -0.2) is 18.2 Å². The summed E-state index contributed by atoms with van der Waals surface area (Å²) in [6.45, 7) is 3.61. The van der Waals surface area contributed by atoms with Crippen molar-refractivity contribution in [1.82, 2.24) is 30.2 Å². The monoisotopic (exact) mass is 846 g/mol. The van der Waals surface area contributed by atoms with E-state index in [2.05, 4.69) is 49.3 Å². The molecule has 3 aliphatic rings. The van der Waals surface area contributed by atoms with Gasteiger partial charge < -0.3 is 29.4 Å². The number of unbranched alkanes of at least 4 members (excludes halogenated alkanes) is 5. The maximum atomic E-state index is 13.0. The molecule has 2 saturated carbocycles. The number of thiol groups is 1. The van der Waals surface area contributed by atoms with Crippen LogP contribution in [0.3, 0.4) is 0 Å². The molecular formula is C41H62N6O9S2. The lowest BCUT2D eigenvalue weighted by Gasteiger charge is -2.26. The number of aromatic amines is 1. The number of hydrogen-bond acceptors (Lipinski definition) is 11. The normalized spacial score (nSPS) is 18.0. The van der Waals surface area contributed by atoms with Crippen LogP contribution in [0.25, 0.3) is 11.0 Å². The molecule has 17 heteroatoms. The fraction of sp³-hybridized carbons (Fsp3) is 0.659. The number of likely N-dealkylation sites (tertiary alicyclic amines) is 1. The number of hydrogen-bond donors (Lipinski definition) is 5. The second-order valence-electron chi connectivity index (χ2n) is 15.8. The fourth-order valence-electron chi connectivity index (χ4n) is 7.35. The molecule has 1 aromatic carbocycles. The standard InChI is InChI=1S/C22H36N4O7S2.C19H26N2O2/c1-3-4-5-6-7-8-10-16(19(28)25-35(31,32)22(2)12-13-22)24-20(29)17-11-9-14-26(17)18(27)15-23-21(30)33-34;1-23-15-11-12-16-18(13-15)21-19(22)17(20-16)10-4-2-3-7-14-8-5-6-9-14/h7-8,16-17,34H,3-6,9-15H2,1-2H3,(H,23,30)(H,24,29)(H,25,28);11-14H,2-10H2,1H3,(H,21,22)/b8-7-;. The summed E-state index contributed by atoms with van der Waals surface area (Å²) in [5.74, 6) is -0.148. The first-order valence-corrected chi connectivity index (χ1v) is 22.6. The van der Waals surface area contributed by atoms with Gasteiger partial charge in [0.2, 0.25) is 21.8 Å². The van der Waals surface area contributed by atoms with Crippen LogP contribution < -0.4 is 25.7 Å². The highest BCUT2D eigenvalue weighted by molar-refractivity contribution is 7.91. The number of carbonyl (C=O) groups is 4. The van der Waals surface area contributed by atoms with Crippen LogP contribution >= 0.6 is 12.9 Å². The summed E-state index contributed by atoms with van der Waals surface area (Å²) in [4.78, 5) is 70.5. The van der Waals surface area contributed by atoms with Crippen LogP contribution in [0.15, 0.2) is 35.1 Å². The van der Waals surface area contributed by atoms with E-state index in [1.165, 1.54) is 49.8 Å². The molecule has 1 aromatic heterocycles. The number of allylic oxidation sites excluding steroid dienone is 1. The Hall–Kier alpha value is -4.12. The van der Waals surface area contributed by atoms with Crippen molar-refractivity contribution in [2.75, 3.05) is 20.2 Å². The number of aromatic nitrogens is 2. The Morgan fingerprint density at radius 3 is 2.50 bits per heavy atom. The molecule has 0 radical (unpaired) electrons. The number of carbonyl (C=O) groups excluding carboxylic acids is 4. The lowest BCUT2D eigenvalue weighted by Crippen LogP contribution is -2.55. The quantitative estimate of drug-likeness (QED) is 0.0470. The molecule has 15 nitrogen and oxygen atoms in total. The van der Waals surface area contributed by atoms with Gasteiger partial charge in [-0.2, -0.15) is 0 Å². The van der Waals surface area contributed by atoms with E-state index in [4.69, 9.17) is 4.74 Å². The van der Waals surface area contributed by atoms with Crippen LogP contribution in [0.5, 0.6) is 5.75 Å². The van der Waals surface area contributed by atoms with Crippen molar-refractivity contribution in [2.24, 2.45) is 5.92 Å². The first kappa shape index (κ1) is 46.6. The van der Waals surface area contributed by atoms with E-state index in [0.29, 0.717) is 37.9 Å². The van der Waals surface area contributed by atoms with E-state index < -0.39 is 50.7 Å².